The highest BCUT2D eigenvalue weighted by Gasteiger charge is 1.94. The Labute approximate surface area is 93.5 Å². The Morgan fingerprint density at radius 3 is 2.94 bits per heavy atom. The van der Waals surface area contributed by atoms with Gasteiger partial charge < -0.3 is 15.6 Å². The number of aromatic nitrogens is 4. The summed E-state index contributed by atoms with van der Waals surface area (Å²) in [6, 6.07) is 3.55. The van der Waals surface area contributed by atoms with Gasteiger partial charge in [-0.3, -0.25) is 0 Å². The zero-order valence-electron chi connectivity index (χ0n) is 8.87. The third-order valence-corrected chi connectivity index (χ3v) is 2.14. The van der Waals surface area contributed by atoms with Crippen LogP contribution in [0, 0.1) is 0 Å². The van der Waals surface area contributed by atoms with Crippen molar-refractivity contribution in [1.29, 1.82) is 0 Å². The van der Waals surface area contributed by atoms with Gasteiger partial charge in [-0.25, -0.2) is 4.98 Å². The van der Waals surface area contributed by atoms with Gasteiger partial charge >= 0.3 is 0 Å². The molecule has 0 aliphatic heterocycles. The Hall–Kier alpha value is -2.11. The number of hydrogen-bond acceptors (Lipinski definition) is 5. The van der Waals surface area contributed by atoms with Gasteiger partial charge in [0.1, 0.15) is 11.6 Å². The van der Waals surface area contributed by atoms with Crippen molar-refractivity contribution in [3.05, 3.63) is 30.9 Å². The van der Waals surface area contributed by atoms with Crippen molar-refractivity contribution in [2.45, 2.75) is 13.0 Å². The number of nitrogens with one attached hydrogen (secondary N) is 1. The smallest absolute Gasteiger partial charge is 0.148 e. The molecule has 16 heavy (non-hydrogen) atoms. The molecule has 0 aromatic carbocycles. The van der Waals surface area contributed by atoms with E-state index in [4.69, 9.17) is 5.73 Å². The Kier molecular flexibility index (Phi) is 3.32. The summed E-state index contributed by atoms with van der Waals surface area (Å²) in [5, 5.41) is 10.8. The number of anilines is 2. The first-order chi connectivity index (χ1) is 7.84. The molecule has 0 unspecified atom stereocenters. The predicted molar refractivity (Wildman–Crippen MR) is 61.8 cm³/mol. The molecule has 0 fully saturated rings. The summed E-state index contributed by atoms with van der Waals surface area (Å²) >= 11 is 0. The van der Waals surface area contributed by atoms with Crippen LogP contribution in [0.4, 0.5) is 11.6 Å². The van der Waals surface area contributed by atoms with E-state index >= 15 is 0 Å². The number of nitrogens with two attached hydrogens (primary N) is 1. The summed E-state index contributed by atoms with van der Waals surface area (Å²) in [5.41, 5.74) is 5.43. The minimum absolute atomic E-state index is 0.434. The number of nitrogen functional groups attached to an aromatic ring is 1. The molecule has 0 spiro atoms. The molecule has 6 heteroatoms. The molecule has 0 bridgehead atoms. The quantitative estimate of drug-likeness (QED) is 0.724. The lowest BCUT2D eigenvalue weighted by molar-refractivity contribution is 0.659. The lowest BCUT2D eigenvalue weighted by Crippen LogP contribution is -2.07. The van der Waals surface area contributed by atoms with E-state index in [0.29, 0.717) is 5.82 Å². The molecule has 6 nitrogen and oxygen atoms in total. The molecule has 0 amide bonds. The van der Waals surface area contributed by atoms with E-state index in [1.54, 1.807) is 12.3 Å². The van der Waals surface area contributed by atoms with Crippen LogP contribution in [0.2, 0.25) is 0 Å². The molecule has 2 rings (SSSR count). The van der Waals surface area contributed by atoms with E-state index < -0.39 is 0 Å². The van der Waals surface area contributed by atoms with Crippen LogP contribution in [-0.4, -0.2) is 26.3 Å². The van der Waals surface area contributed by atoms with E-state index in [9.17, 15) is 0 Å². The topological polar surface area (TPSA) is 81.6 Å². The maximum absolute atomic E-state index is 5.43. The largest absolute Gasteiger partial charge is 0.382 e. The van der Waals surface area contributed by atoms with Crippen LogP contribution in [0.15, 0.2) is 30.9 Å². The normalized spacial score (nSPS) is 10.2. The van der Waals surface area contributed by atoms with Crippen molar-refractivity contribution < 1.29 is 0 Å². The fourth-order valence-corrected chi connectivity index (χ4v) is 1.33. The fourth-order valence-electron chi connectivity index (χ4n) is 1.33. The van der Waals surface area contributed by atoms with Crippen LogP contribution in [0.25, 0.3) is 0 Å². The molecule has 0 saturated carbocycles. The van der Waals surface area contributed by atoms with Gasteiger partial charge in [-0.1, -0.05) is 0 Å². The average molecular weight is 218 g/mol. The minimum atomic E-state index is 0.434. The molecular formula is C10H14N6. The molecule has 2 aromatic heterocycles. The second-order valence-electron chi connectivity index (χ2n) is 3.42. The van der Waals surface area contributed by atoms with Gasteiger partial charge in [0.25, 0.3) is 0 Å². The first-order valence-corrected chi connectivity index (χ1v) is 5.13. The second-order valence-corrected chi connectivity index (χ2v) is 3.42. The Morgan fingerprint density at radius 1 is 1.31 bits per heavy atom. The summed E-state index contributed by atoms with van der Waals surface area (Å²) in [4.78, 5) is 3.98. The first kappa shape index (κ1) is 10.4. The molecule has 0 saturated heterocycles. The molecule has 0 aliphatic rings. The monoisotopic (exact) mass is 218 g/mol. The standard InChI is InChI=1S/C10H14N6/c11-9-2-3-10(15-14-9)13-4-1-6-16-7-5-12-8-16/h2-3,5,7-8H,1,4,6H2,(H2,11,14)(H,13,15). The van der Waals surface area contributed by atoms with Crippen molar-refractivity contribution >= 4 is 11.6 Å². The van der Waals surface area contributed by atoms with Crippen LogP contribution in [0.1, 0.15) is 6.42 Å². The number of rotatable bonds is 5. The highest BCUT2D eigenvalue weighted by Crippen LogP contribution is 2.02. The van der Waals surface area contributed by atoms with Gasteiger partial charge in [-0.15, -0.1) is 10.2 Å². The Morgan fingerprint density at radius 2 is 2.25 bits per heavy atom. The van der Waals surface area contributed by atoms with Gasteiger partial charge in [0.2, 0.25) is 0 Å². The number of hydrogen-bond donors (Lipinski definition) is 2. The summed E-state index contributed by atoms with van der Waals surface area (Å²) in [5.74, 6) is 1.18. The Bertz CT molecular complexity index is 407. The molecule has 2 heterocycles. The SMILES string of the molecule is Nc1ccc(NCCCn2ccnc2)nn1. The van der Waals surface area contributed by atoms with Crippen LogP contribution < -0.4 is 11.1 Å². The molecule has 84 valence electrons. The van der Waals surface area contributed by atoms with Crippen molar-refractivity contribution in [1.82, 2.24) is 19.7 Å². The van der Waals surface area contributed by atoms with Crippen molar-refractivity contribution in [2.24, 2.45) is 0 Å². The van der Waals surface area contributed by atoms with E-state index in [1.807, 2.05) is 23.2 Å². The van der Waals surface area contributed by atoms with E-state index in [2.05, 4.69) is 20.5 Å². The highest BCUT2D eigenvalue weighted by molar-refractivity contribution is 5.38. The number of imidazole rings is 1. The third-order valence-electron chi connectivity index (χ3n) is 2.14. The average Bonchev–Trinajstić information content (AvgIpc) is 2.80. The van der Waals surface area contributed by atoms with Gasteiger partial charge in [0.15, 0.2) is 0 Å². The van der Waals surface area contributed by atoms with E-state index in [0.717, 1.165) is 25.3 Å². The molecule has 0 atom stereocenters. The summed E-state index contributed by atoms with van der Waals surface area (Å²) < 4.78 is 2.04. The van der Waals surface area contributed by atoms with Crippen LogP contribution in [0.5, 0.6) is 0 Å². The van der Waals surface area contributed by atoms with Gasteiger partial charge in [0.05, 0.1) is 6.33 Å². The predicted octanol–water partition coefficient (Wildman–Crippen LogP) is 0.757. The maximum atomic E-state index is 5.43. The Balaban J connectivity index is 1.70. The molecule has 0 aliphatic carbocycles. The third kappa shape index (κ3) is 2.94. The molecule has 3 N–H and O–H groups in total. The van der Waals surface area contributed by atoms with Gasteiger partial charge in [-0.05, 0) is 18.6 Å². The van der Waals surface area contributed by atoms with Crippen molar-refractivity contribution in [3.8, 4) is 0 Å². The highest BCUT2D eigenvalue weighted by atomic mass is 15.2. The van der Waals surface area contributed by atoms with E-state index in [1.165, 1.54) is 0 Å². The van der Waals surface area contributed by atoms with Crippen LogP contribution in [-0.2, 0) is 6.54 Å². The van der Waals surface area contributed by atoms with E-state index in [-0.39, 0.29) is 0 Å². The zero-order valence-corrected chi connectivity index (χ0v) is 8.87. The van der Waals surface area contributed by atoms with Gasteiger partial charge in [-0.2, -0.15) is 0 Å². The van der Waals surface area contributed by atoms with Crippen LogP contribution >= 0.6 is 0 Å². The number of nitrogens with zero attached hydrogens (tertiary/aromatic N) is 4. The zero-order chi connectivity index (χ0) is 11.2. The van der Waals surface area contributed by atoms with Gasteiger partial charge in [0, 0.05) is 25.5 Å². The summed E-state index contributed by atoms with van der Waals surface area (Å²) in [6.07, 6.45) is 6.54. The second kappa shape index (κ2) is 5.11. The molecule has 2 aromatic rings. The summed E-state index contributed by atoms with van der Waals surface area (Å²) in [7, 11) is 0. The molecular weight excluding hydrogens is 204 g/mol. The van der Waals surface area contributed by atoms with Crippen molar-refractivity contribution in [3.63, 3.8) is 0 Å². The minimum Gasteiger partial charge on any atom is -0.382 e. The van der Waals surface area contributed by atoms with Crippen LogP contribution in [0.3, 0.4) is 0 Å². The first-order valence-electron chi connectivity index (χ1n) is 5.13. The fraction of sp³-hybridized carbons (Fsp3) is 0.300. The number of aryl methyl sites for hydroxylation is 1. The lowest BCUT2D eigenvalue weighted by atomic mass is 10.4. The lowest BCUT2D eigenvalue weighted by Gasteiger charge is -2.05. The molecule has 0 radical (unpaired) electrons. The maximum Gasteiger partial charge on any atom is 0.148 e. The van der Waals surface area contributed by atoms with Crippen molar-refractivity contribution in [2.75, 3.05) is 17.6 Å². The summed E-state index contributed by atoms with van der Waals surface area (Å²) in [6.45, 7) is 1.78.